The van der Waals surface area contributed by atoms with Crippen LogP contribution in [0.1, 0.15) is 5.56 Å². The highest BCUT2D eigenvalue weighted by atomic mass is 19.1. The first-order chi connectivity index (χ1) is 7.67. The number of hydrogen-bond donors (Lipinski definition) is 1. The van der Waals surface area contributed by atoms with Gasteiger partial charge in [-0.25, -0.2) is 9.18 Å². The third-order valence-corrected chi connectivity index (χ3v) is 1.82. The van der Waals surface area contributed by atoms with Gasteiger partial charge >= 0.3 is 5.97 Å². The Bertz CT molecular complexity index is 401. The number of carbonyl (C=O) groups is 1. The number of halogens is 1. The fourth-order valence-corrected chi connectivity index (χ4v) is 1.13. The van der Waals surface area contributed by atoms with Crippen LogP contribution >= 0.6 is 0 Å². The second kappa shape index (κ2) is 5.75. The fraction of sp³-hybridized carbons (Fsp3) is 0.182. The van der Waals surface area contributed by atoms with Crippen LogP contribution in [0.25, 0.3) is 6.08 Å². The molecule has 4 nitrogen and oxygen atoms in total. The molecule has 0 fully saturated rings. The van der Waals surface area contributed by atoms with Crippen LogP contribution in [0.15, 0.2) is 24.3 Å². The SMILES string of the molecule is COc1cc(C=CC(=O)O)ccc1OCF. The van der Waals surface area contributed by atoms with Gasteiger partial charge in [0, 0.05) is 6.08 Å². The molecule has 0 saturated carbocycles. The average Bonchev–Trinajstić information content (AvgIpc) is 2.28. The smallest absolute Gasteiger partial charge is 0.328 e. The van der Waals surface area contributed by atoms with Crippen LogP contribution < -0.4 is 9.47 Å². The van der Waals surface area contributed by atoms with Gasteiger partial charge in [-0.1, -0.05) is 6.07 Å². The molecule has 1 aromatic carbocycles. The van der Waals surface area contributed by atoms with Crippen molar-refractivity contribution in [1.29, 1.82) is 0 Å². The van der Waals surface area contributed by atoms with E-state index in [4.69, 9.17) is 9.84 Å². The fourth-order valence-electron chi connectivity index (χ4n) is 1.13. The van der Waals surface area contributed by atoms with E-state index in [1.807, 2.05) is 0 Å². The molecule has 0 heterocycles. The highest BCUT2D eigenvalue weighted by Gasteiger charge is 2.04. The molecule has 16 heavy (non-hydrogen) atoms. The average molecular weight is 226 g/mol. The van der Waals surface area contributed by atoms with Crippen LogP contribution in [0, 0.1) is 0 Å². The van der Waals surface area contributed by atoms with Crippen molar-refractivity contribution < 1.29 is 23.8 Å². The molecule has 0 amide bonds. The van der Waals surface area contributed by atoms with Crippen molar-refractivity contribution in [2.75, 3.05) is 14.0 Å². The lowest BCUT2D eigenvalue weighted by molar-refractivity contribution is -0.131. The van der Waals surface area contributed by atoms with Gasteiger partial charge in [0.05, 0.1) is 7.11 Å². The molecule has 0 atom stereocenters. The van der Waals surface area contributed by atoms with Gasteiger partial charge < -0.3 is 14.6 Å². The highest BCUT2D eigenvalue weighted by Crippen LogP contribution is 2.28. The number of benzene rings is 1. The second-order valence-electron chi connectivity index (χ2n) is 2.84. The molecule has 86 valence electrons. The summed E-state index contributed by atoms with van der Waals surface area (Å²) >= 11 is 0. The maximum absolute atomic E-state index is 12.0. The van der Waals surface area contributed by atoms with Crippen molar-refractivity contribution in [2.45, 2.75) is 0 Å². The normalized spacial score (nSPS) is 10.4. The largest absolute Gasteiger partial charge is 0.493 e. The summed E-state index contributed by atoms with van der Waals surface area (Å²) in [5, 5.41) is 8.45. The van der Waals surface area contributed by atoms with E-state index in [-0.39, 0.29) is 5.75 Å². The minimum atomic E-state index is -1.04. The van der Waals surface area contributed by atoms with E-state index in [2.05, 4.69) is 4.74 Å². The zero-order chi connectivity index (χ0) is 12.0. The number of ether oxygens (including phenoxy) is 2. The predicted octanol–water partition coefficient (Wildman–Crippen LogP) is 2.10. The van der Waals surface area contributed by atoms with E-state index in [9.17, 15) is 9.18 Å². The van der Waals surface area contributed by atoms with Gasteiger partial charge in [-0.3, -0.25) is 0 Å². The molecule has 0 bridgehead atoms. The van der Waals surface area contributed by atoms with E-state index >= 15 is 0 Å². The van der Waals surface area contributed by atoms with Gasteiger partial charge in [0.25, 0.3) is 0 Å². The molecule has 1 aromatic rings. The van der Waals surface area contributed by atoms with E-state index in [0.717, 1.165) is 6.08 Å². The Hall–Kier alpha value is -2.04. The lowest BCUT2D eigenvalue weighted by Crippen LogP contribution is -1.94. The number of carboxylic acids is 1. The van der Waals surface area contributed by atoms with Crippen LogP contribution in [0.3, 0.4) is 0 Å². The zero-order valence-electron chi connectivity index (χ0n) is 8.64. The summed E-state index contributed by atoms with van der Waals surface area (Å²) in [4.78, 5) is 10.3. The molecule has 0 aliphatic rings. The van der Waals surface area contributed by atoms with Crippen molar-refractivity contribution in [3.8, 4) is 11.5 Å². The number of aliphatic carboxylic acids is 1. The van der Waals surface area contributed by atoms with Crippen LogP contribution in [0.4, 0.5) is 4.39 Å². The summed E-state index contributed by atoms with van der Waals surface area (Å²) in [6.45, 7) is -0.944. The number of methoxy groups -OCH3 is 1. The number of alkyl halides is 1. The zero-order valence-corrected chi connectivity index (χ0v) is 8.64. The van der Waals surface area contributed by atoms with Gasteiger partial charge in [0.2, 0.25) is 6.86 Å². The Balaban J connectivity index is 2.94. The molecule has 1 rings (SSSR count). The maximum Gasteiger partial charge on any atom is 0.328 e. The molecule has 1 N–H and O–H groups in total. The molecule has 0 aromatic heterocycles. The minimum absolute atomic E-state index is 0.275. The Morgan fingerprint density at radius 1 is 1.50 bits per heavy atom. The van der Waals surface area contributed by atoms with E-state index in [0.29, 0.717) is 11.3 Å². The summed E-state index contributed by atoms with van der Waals surface area (Å²) in [6, 6.07) is 4.68. The third kappa shape index (κ3) is 3.27. The summed E-state index contributed by atoms with van der Waals surface area (Å²) in [5.41, 5.74) is 0.630. The summed E-state index contributed by atoms with van der Waals surface area (Å²) in [5.74, 6) is -0.411. The predicted molar refractivity (Wildman–Crippen MR) is 56.3 cm³/mol. The summed E-state index contributed by atoms with van der Waals surface area (Å²) in [6.07, 6.45) is 2.41. The van der Waals surface area contributed by atoms with Crippen molar-refractivity contribution >= 4 is 12.0 Å². The van der Waals surface area contributed by atoms with Gasteiger partial charge in [0.1, 0.15) is 0 Å². The number of carboxylic acid groups (broad SMARTS) is 1. The standard InChI is InChI=1S/C11H11FO4/c1-15-10-6-8(3-5-11(13)14)2-4-9(10)16-7-12/h2-6H,7H2,1H3,(H,13,14). The molecular formula is C11H11FO4. The lowest BCUT2D eigenvalue weighted by atomic mass is 10.2. The molecule has 0 unspecified atom stereocenters. The molecule has 5 heteroatoms. The monoisotopic (exact) mass is 226 g/mol. The van der Waals surface area contributed by atoms with Gasteiger partial charge in [-0.15, -0.1) is 0 Å². The third-order valence-electron chi connectivity index (χ3n) is 1.82. The van der Waals surface area contributed by atoms with Crippen LogP contribution in [-0.2, 0) is 4.79 Å². The Labute approximate surface area is 91.9 Å². The molecule has 0 aliphatic carbocycles. The molecular weight excluding hydrogens is 215 g/mol. The lowest BCUT2D eigenvalue weighted by Gasteiger charge is -2.08. The van der Waals surface area contributed by atoms with E-state index in [1.54, 1.807) is 12.1 Å². The Kier molecular flexibility index (Phi) is 4.32. The molecule has 0 aliphatic heterocycles. The van der Waals surface area contributed by atoms with Crippen LogP contribution in [0.2, 0.25) is 0 Å². The molecule has 0 spiro atoms. The highest BCUT2D eigenvalue weighted by molar-refractivity contribution is 5.85. The first-order valence-electron chi connectivity index (χ1n) is 4.45. The maximum atomic E-state index is 12.0. The first kappa shape index (κ1) is 12.0. The first-order valence-corrected chi connectivity index (χ1v) is 4.45. The van der Waals surface area contributed by atoms with Crippen molar-refractivity contribution in [3.63, 3.8) is 0 Å². The van der Waals surface area contributed by atoms with E-state index < -0.39 is 12.8 Å². The topological polar surface area (TPSA) is 55.8 Å². The summed E-state index contributed by atoms with van der Waals surface area (Å²) < 4.78 is 21.6. The van der Waals surface area contributed by atoms with Gasteiger partial charge in [0.15, 0.2) is 11.5 Å². The minimum Gasteiger partial charge on any atom is -0.493 e. The van der Waals surface area contributed by atoms with Gasteiger partial charge in [-0.2, -0.15) is 0 Å². The van der Waals surface area contributed by atoms with Crippen LogP contribution in [0.5, 0.6) is 11.5 Å². The number of rotatable bonds is 5. The molecule has 0 radical (unpaired) electrons. The summed E-state index contributed by atoms with van der Waals surface area (Å²) in [7, 11) is 1.42. The van der Waals surface area contributed by atoms with Crippen molar-refractivity contribution in [1.82, 2.24) is 0 Å². The Morgan fingerprint density at radius 2 is 2.25 bits per heavy atom. The van der Waals surface area contributed by atoms with Crippen molar-refractivity contribution in [3.05, 3.63) is 29.8 Å². The quantitative estimate of drug-likeness (QED) is 0.781. The van der Waals surface area contributed by atoms with Gasteiger partial charge in [-0.05, 0) is 23.8 Å². The molecule has 0 saturated heterocycles. The van der Waals surface area contributed by atoms with Crippen molar-refractivity contribution in [2.24, 2.45) is 0 Å². The second-order valence-corrected chi connectivity index (χ2v) is 2.84. The van der Waals surface area contributed by atoms with Crippen LogP contribution in [-0.4, -0.2) is 25.0 Å². The van der Waals surface area contributed by atoms with E-state index in [1.165, 1.54) is 19.3 Å². The number of hydrogen-bond acceptors (Lipinski definition) is 3. The Morgan fingerprint density at radius 3 is 2.81 bits per heavy atom.